The summed E-state index contributed by atoms with van der Waals surface area (Å²) >= 11 is 0. The van der Waals surface area contributed by atoms with Crippen LogP contribution in [0.2, 0.25) is 39.3 Å². The fraction of sp³-hybridized carbons (Fsp3) is 0.538. The Balaban J connectivity index is 2.99. The molecular formula is C13H25F2NOSi3. The molecule has 0 heterocycles. The minimum absolute atomic E-state index is 0.178. The first-order valence-electron chi connectivity index (χ1n) is 6.83. The maximum atomic E-state index is 14.8. The van der Waals surface area contributed by atoms with Crippen molar-refractivity contribution in [1.82, 2.24) is 4.39 Å². The van der Waals surface area contributed by atoms with Gasteiger partial charge in [0.05, 0.1) is 0 Å². The van der Waals surface area contributed by atoms with Crippen LogP contribution in [0, 0.1) is 0 Å². The normalized spacial score (nSPS) is 13.8. The molecule has 0 aliphatic rings. The average Bonchev–Trinajstić information content (AvgIpc) is 2.24. The molecule has 0 atom stereocenters. The Labute approximate surface area is 124 Å². The molecule has 0 saturated carbocycles. The third-order valence-electron chi connectivity index (χ3n) is 2.53. The van der Waals surface area contributed by atoms with E-state index in [4.69, 9.17) is 4.53 Å². The Morgan fingerprint density at radius 1 is 0.950 bits per heavy atom. The van der Waals surface area contributed by atoms with Crippen LogP contribution < -0.4 is 0 Å². The van der Waals surface area contributed by atoms with Crippen molar-refractivity contribution in [2.24, 2.45) is 0 Å². The molecule has 0 fully saturated rings. The van der Waals surface area contributed by atoms with Crippen molar-refractivity contribution >= 4 is 25.5 Å². The third kappa shape index (κ3) is 5.57. The predicted molar refractivity (Wildman–Crippen MR) is 87.7 cm³/mol. The standard InChI is InChI=1S/C13H25F2NOSi3/c1-18(2,3)16(17-19(4,5)6)20(14,15)12-13-10-8-7-9-11-13/h7-11H,12H2,1-6H3. The van der Waals surface area contributed by atoms with Gasteiger partial charge in [0.2, 0.25) is 8.32 Å². The molecule has 1 aromatic rings. The van der Waals surface area contributed by atoms with Gasteiger partial charge in [0.1, 0.15) is 8.24 Å². The molecule has 0 amide bonds. The van der Waals surface area contributed by atoms with E-state index in [9.17, 15) is 8.22 Å². The van der Waals surface area contributed by atoms with E-state index in [0.29, 0.717) is 5.56 Å². The summed E-state index contributed by atoms with van der Waals surface area (Å²) in [6, 6.07) is 8.80. The average molecular weight is 334 g/mol. The van der Waals surface area contributed by atoms with E-state index < -0.39 is 25.5 Å². The summed E-state index contributed by atoms with van der Waals surface area (Å²) in [5.41, 5.74) is 0.687. The SMILES string of the molecule is C[Si](C)(C)ON([Si](C)(C)C)[Si](F)(F)Cc1ccccc1. The highest BCUT2D eigenvalue weighted by molar-refractivity contribution is 6.85. The maximum Gasteiger partial charge on any atom is 0.526 e. The molecule has 0 spiro atoms. The summed E-state index contributed by atoms with van der Waals surface area (Å²) in [6.45, 7) is 11.6. The largest absolute Gasteiger partial charge is 0.526 e. The van der Waals surface area contributed by atoms with Crippen molar-refractivity contribution in [1.29, 1.82) is 0 Å². The highest BCUT2D eigenvalue weighted by atomic mass is 28.5. The zero-order valence-corrected chi connectivity index (χ0v) is 16.2. The van der Waals surface area contributed by atoms with Gasteiger partial charge in [0.15, 0.2) is 0 Å². The molecule has 7 heteroatoms. The van der Waals surface area contributed by atoms with Crippen LogP contribution in [0.15, 0.2) is 30.3 Å². The van der Waals surface area contributed by atoms with Crippen molar-refractivity contribution < 1.29 is 12.7 Å². The van der Waals surface area contributed by atoms with Gasteiger partial charge in [-0.3, -0.25) is 8.22 Å². The summed E-state index contributed by atoms with van der Waals surface area (Å²) in [6.07, 6.45) is 0. The molecule has 1 rings (SSSR count). The second kappa shape index (κ2) is 6.18. The van der Waals surface area contributed by atoms with Gasteiger partial charge in [0, 0.05) is 6.04 Å². The fourth-order valence-corrected chi connectivity index (χ4v) is 10.7. The Kier molecular flexibility index (Phi) is 5.47. The molecule has 0 aromatic heterocycles. The zero-order valence-electron chi connectivity index (χ0n) is 13.2. The number of hydrogen-bond donors (Lipinski definition) is 0. The van der Waals surface area contributed by atoms with Crippen LogP contribution in [0.3, 0.4) is 0 Å². The van der Waals surface area contributed by atoms with E-state index in [1.807, 2.05) is 45.3 Å². The molecule has 20 heavy (non-hydrogen) atoms. The maximum absolute atomic E-state index is 14.8. The topological polar surface area (TPSA) is 12.5 Å². The van der Waals surface area contributed by atoms with Gasteiger partial charge >= 0.3 is 8.90 Å². The van der Waals surface area contributed by atoms with Gasteiger partial charge in [0.25, 0.3) is 0 Å². The second-order valence-corrected chi connectivity index (χ2v) is 18.7. The highest BCUT2D eigenvalue weighted by Crippen LogP contribution is 2.28. The van der Waals surface area contributed by atoms with Crippen LogP contribution in [0.4, 0.5) is 8.22 Å². The van der Waals surface area contributed by atoms with Crippen LogP contribution in [0.25, 0.3) is 0 Å². The molecule has 0 bridgehead atoms. The number of rotatable bonds is 6. The summed E-state index contributed by atoms with van der Waals surface area (Å²) in [5.74, 6) is 0. The first kappa shape index (κ1) is 17.7. The molecule has 0 radical (unpaired) electrons. The van der Waals surface area contributed by atoms with E-state index in [0.717, 1.165) is 0 Å². The van der Waals surface area contributed by atoms with E-state index in [1.165, 1.54) is 4.39 Å². The minimum Gasteiger partial charge on any atom is -0.352 e. The molecular weight excluding hydrogens is 308 g/mol. The molecule has 114 valence electrons. The van der Waals surface area contributed by atoms with Crippen LogP contribution in [-0.4, -0.2) is 29.9 Å². The predicted octanol–water partition coefficient (Wildman–Crippen LogP) is 4.55. The van der Waals surface area contributed by atoms with E-state index in [1.54, 1.807) is 24.3 Å². The summed E-state index contributed by atoms with van der Waals surface area (Å²) in [5, 5.41) is 0. The van der Waals surface area contributed by atoms with Gasteiger partial charge in [-0.25, -0.2) is 0 Å². The Bertz CT molecular complexity index is 429. The minimum atomic E-state index is -4.61. The van der Waals surface area contributed by atoms with Crippen molar-refractivity contribution in [3.05, 3.63) is 35.9 Å². The van der Waals surface area contributed by atoms with E-state index >= 15 is 0 Å². The van der Waals surface area contributed by atoms with Crippen molar-refractivity contribution in [3.8, 4) is 0 Å². The van der Waals surface area contributed by atoms with Gasteiger partial charge in [-0.05, 0) is 25.2 Å². The lowest BCUT2D eigenvalue weighted by atomic mass is 10.2. The Morgan fingerprint density at radius 3 is 1.85 bits per heavy atom. The van der Waals surface area contributed by atoms with Gasteiger partial charge < -0.3 is 4.53 Å². The zero-order chi connectivity index (χ0) is 15.6. The molecule has 2 nitrogen and oxygen atoms in total. The summed E-state index contributed by atoms with van der Waals surface area (Å²) in [7, 11) is -8.88. The first-order valence-corrected chi connectivity index (χ1v) is 15.6. The van der Waals surface area contributed by atoms with Gasteiger partial charge in [-0.15, -0.1) is 0 Å². The quantitative estimate of drug-likeness (QED) is 0.430. The van der Waals surface area contributed by atoms with Crippen LogP contribution in [0.5, 0.6) is 0 Å². The smallest absolute Gasteiger partial charge is 0.352 e. The molecule has 0 unspecified atom stereocenters. The molecule has 1 aromatic carbocycles. The van der Waals surface area contributed by atoms with Crippen molar-refractivity contribution in [2.75, 3.05) is 0 Å². The van der Waals surface area contributed by atoms with Gasteiger partial charge in [-0.1, -0.05) is 50.0 Å². The summed E-state index contributed by atoms with van der Waals surface area (Å²) in [4.78, 5) is 0. The number of halogens is 2. The second-order valence-electron chi connectivity index (χ2n) is 7.00. The number of nitrogens with zero attached hydrogens (tertiary/aromatic N) is 1. The number of benzene rings is 1. The molecule has 0 aliphatic carbocycles. The highest BCUT2D eigenvalue weighted by Gasteiger charge is 2.51. The molecule has 0 N–H and O–H groups in total. The number of hydrogen-bond acceptors (Lipinski definition) is 2. The monoisotopic (exact) mass is 333 g/mol. The van der Waals surface area contributed by atoms with E-state index in [-0.39, 0.29) is 6.04 Å². The lowest BCUT2D eigenvalue weighted by molar-refractivity contribution is 0.0658. The molecule has 0 aliphatic heterocycles. The Hall–Kier alpha value is -0.349. The van der Waals surface area contributed by atoms with Crippen LogP contribution in [0.1, 0.15) is 5.56 Å². The fourth-order valence-electron chi connectivity index (χ4n) is 1.88. The van der Waals surface area contributed by atoms with Gasteiger partial charge in [-0.2, -0.15) is 4.39 Å². The third-order valence-corrected chi connectivity index (χ3v) is 9.45. The van der Waals surface area contributed by atoms with Crippen LogP contribution >= 0.6 is 0 Å². The lowest BCUT2D eigenvalue weighted by Crippen LogP contribution is -2.63. The van der Waals surface area contributed by atoms with Crippen molar-refractivity contribution in [3.63, 3.8) is 0 Å². The molecule has 0 saturated heterocycles. The lowest BCUT2D eigenvalue weighted by Gasteiger charge is -2.41. The summed E-state index contributed by atoms with van der Waals surface area (Å²) < 4.78 is 36.5. The Morgan fingerprint density at radius 2 is 1.45 bits per heavy atom. The van der Waals surface area contributed by atoms with E-state index in [2.05, 4.69) is 0 Å². The van der Waals surface area contributed by atoms with Crippen molar-refractivity contribution in [2.45, 2.75) is 45.3 Å². The van der Waals surface area contributed by atoms with Crippen LogP contribution in [-0.2, 0) is 10.6 Å². The first-order chi connectivity index (χ1) is 8.92.